The molecule has 1 unspecified atom stereocenters. The van der Waals surface area contributed by atoms with Crippen molar-refractivity contribution in [1.82, 2.24) is 4.90 Å². The predicted molar refractivity (Wildman–Crippen MR) is 82.5 cm³/mol. The lowest BCUT2D eigenvalue weighted by Crippen LogP contribution is -2.48. The lowest BCUT2D eigenvalue weighted by Gasteiger charge is -2.40. The van der Waals surface area contributed by atoms with Crippen LogP contribution in [0.3, 0.4) is 0 Å². The van der Waals surface area contributed by atoms with E-state index in [1.165, 1.54) is 0 Å². The van der Waals surface area contributed by atoms with E-state index in [9.17, 15) is 0 Å². The molecule has 1 saturated heterocycles. The Morgan fingerprint density at radius 1 is 1.42 bits per heavy atom. The molecule has 1 heterocycles. The maximum Gasteiger partial charge on any atom is 0.0678 e. The smallest absolute Gasteiger partial charge is 0.0678 e. The normalized spacial score (nSPS) is 26.4. The molecule has 1 fully saturated rings. The van der Waals surface area contributed by atoms with Gasteiger partial charge in [-0.2, -0.15) is 0 Å². The molecule has 0 radical (unpaired) electrons. The third-order valence-electron chi connectivity index (χ3n) is 3.43. The van der Waals surface area contributed by atoms with Crippen LogP contribution in [-0.2, 0) is 4.74 Å². The highest BCUT2D eigenvalue weighted by atomic mass is 79.9. The van der Waals surface area contributed by atoms with E-state index in [2.05, 4.69) is 34.7 Å². The molecule has 106 valence electrons. The second-order valence-electron chi connectivity index (χ2n) is 5.13. The minimum Gasteiger partial charge on any atom is -0.373 e. The summed E-state index contributed by atoms with van der Waals surface area (Å²) in [5.74, 6) is 0. The predicted octanol–water partition coefficient (Wildman–Crippen LogP) is 3.21. The lowest BCUT2D eigenvalue weighted by molar-refractivity contribution is -0.0800. The first kappa shape index (κ1) is 15.3. The fourth-order valence-corrected chi connectivity index (χ4v) is 3.41. The summed E-state index contributed by atoms with van der Waals surface area (Å²) < 4.78 is 6.84. The van der Waals surface area contributed by atoms with Crippen molar-refractivity contribution >= 4 is 27.5 Å². The highest BCUT2D eigenvalue weighted by Gasteiger charge is 2.29. The van der Waals surface area contributed by atoms with Crippen molar-refractivity contribution in [3.05, 3.63) is 33.3 Å². The van der Waals surface area contributed by atoms with Gasteiger partial charge in [-0.3, -0.25) is 4.90 Å². The summed E-state index contributed by atoms with van der Waals surface area (Å²) in [6.45, 7) is 6.56. The number of rotatable bonds is 3. The van der Waals surface area contributed by atoms with Gasteiger partial charge in [0.1, 0.15) is 0 Å². The average molecular weight is 348 g/mol. The van der Waals surface area contributed by atoms with Gasteiger partial charge in [-0.15, -0.1) is 0 Å². The summed E-state index contributed by atoms with van der Waals surface area (Å²) in [4.78, 5) is 2.38. The van der Waals surface area contributed by atoms with Crippen molar-refractivity contribution < 1.29 is 4.74 Å². The zero-order valence-electron chi connectivity index (χ0n) is 11.3. The van der Waals surface area contributed by atoms with Crippen LogP contribution in [0.2, 0.25) is 5.02 Å². The highest BCUT2D eigenvalue weighted by molar-refractivity contribution is 9.10. The molecule has 2 rings (SSSR count). The molecule has 0 aromatic heterocycles. The van der Waals surface area contributed by atoms with Crippen molar-refractivity contribution in [1.29, 1.82) is 0 Å². The van der Waals surface area contributed by atoms with Crippen LogP contribution in [0.1, 0.15) is 25.5 Å². The standard InChI is InChI=1S/C14H20BrClN2O/c1-9-7-18(8-10(2)19-9)14(6-17)12-5-11(16)3-4-13(12)15/h3-5,9-10,14H,6-8,17H2,1-2H3/t9-,10+,14?. The second kappa shape index (κ2) is 6.55. The topological polar surface area (TPSA) is 38.5 Å². The van der Waals surface area contributed by atoms with Crippen molar-refractivity contribution in [3.63, 3.8) is 0 Å². The van der Waals surface area contributed by atoms with Gasteiger partial charge >= 0.3 is 0 Å². The van der Waals surface area contributed by atoms with Gasteiger partial charge in [-0.1, -0.05) is 27.5 Å². The number of nitrogens with two attached hydrogens (primary N) is 1. The largest absolute Gasteiger partial charge is 0.373 e. The van der Waals surface area contributed by atoms with Crippen LogP contribution in [0.15, 0.2) is 22.7 Å². The number of benzene rings is 1. The molecule has 1 aromatic carbocycles. The van der Waals surface area contributed by atoms with E-state index in [0.29, 0.717) is 6.54 Å². The van der Waals surface area contributed by atoms with Crippen LogP contribution in [-0.4, -0.2) is 36.7 Å². The van der Waals surface area contributed by atoms with Crippen LogP contribution < -0.4 is 5.73 Å². The first-order chi connectivity index (χ1) is 9.01. The van der Waals surface area contributed by atoms with E-state index >= 15 is 0 Å². The molecule has 3 nitrogen and oxygen atoms in total. The summed E-state index contributed by atoms with van der Waals surface area (Å²) in [7, 11) is 0. The zero-order valence-corrected chi connectivity index (χ0v) is 13.6. The Morgan fingerprint density at radius 2 is 2.05 bits per heavy atom. The fourth-order valence-electron chi connectivity index (χ4n) is 2.71. The number of ether oxygens (including phenoxy) is 1. The maximum absolute atomic E-state index is 6.11. The van der Waals surface area contributed by atoms with E-state index in [4.69, 9.17) is 22.1 Å². The van der Waals surface area contributed by atoms with Crippen molar-refractivity contribution in [3.8, 4) is 0 Å². The van der Waals surface area contributed by atoms with Crippen molar-refractivity contribution in [2.24, 2.45) is 5.73 Å². The van der Waals surface area contributed by atoms with E-state index in [1.807, 2.05) is 18.2 Å². The Labute approximate surface area is 128 Å². The minimum absolute atomic E-state index is 0.168. The molecule has 2 N–H and O–H groups in total. The highest BCUT2D eigenvalue weighted by Crippen LogP contribution is 2.31. The quantitative estimate of drug-likeness (QED) is 0.912. The zero-order chi connectivity index (χ0) is 14.0. The number of morpholine rings is 1. The molecule has 0 aliphatic carbocycles. The van der Waals surface area contributed by atoms with E-state index in [1.54, 1.807) is 0 Å². The molecule has 1 aliphatic heterocycles. The van der Waals surface area contributed by atoms with Gasteiger partial charge < -0.3 is 10.5 Å². The number of nitrogens with zero attached hydrogens (tertiary/aromatic N) is 1. The van der Waals surface area contributed by atoms with Crippen molar-refractivity contribution in [2.75, 3.05) is 19.6 Å². The molecule has 1 aromatic rings. The molecule has 0 spiro atoms. The van der Waals surface area contributed by atoms with Gasteiger partial charge in [0.25, 0.3) is 0 Å². The molecule has 3 atom stereocenters. The first-order valence-electron chi connectivity index (χ1n) is 6.55. The van der Waals surface area contributed by atoms with Gasteiger partial charge in [-0.25, -0.2) is 0 Å². The molecule has 1 aliphatic rings. The molecule has 0 amide bonds. The van der Waals surface area contributed by atoms with Gasteiger partial charge in [0, 0.05) is 35.2 Å². The second-order valence-corrected chi connectivity index (χ2v) is 6.42. The van der Waals surface area contributed by atoms with Crippen LogP contribution >= 0.6 is 27.5 Å². The Balaban J connectivity index is 2.26. The van der Waals surface area contributed by atoms with E-state index < -0.39 is 0 Å². The Morgan fingerprint density at radius 3 is 2.63 bits per heavy atom. The first-order valence-corrected chi connectivity index (χ1v) is 7.73. The Kier molecular flexibility index (Phi) is 5.26. The Bertz CT molecular complexity index is 433. The third kappa shape index (κ3) is 3.70. The van der Waals surface area contributed by atoms with Crippen molar-refractivity contribution in [2.45, 2.75) is 32.1 Å². The molecular formula is C14H20BrClN2O. The maximum atomic E-state index is 6.11. The fraction of sp³-hybridized carbons (Fsp3) is 0.571. The summed E-state index contributed by atoms with van der Waals surface area (Å²) >= 11 is 9.71. The average Bonchev–Trinajstić information content (AvgIpc) is 2.33. The Hall–Kier alpha value is -0.130. The van der Waals surface area contributed by atoms with Crippen LogP contribution in [0.4, 0.5) is 0 Å². The van der Waals surface area contributed by atoms with Crippen LogP contribution in [0, 0.1) is 0 Å². The number of halogens is 2. The van der Waals surface area contributed by atoms with Crippen LogP contribution in [0.5, 0.6) is 0 Å². The SMILES string of the molecule is C[C@@H]1CN(C(CN)c2cc(Cl)ccc2Br)C[C@H](C)O1. The molecule has 5 heteroatoms. The summed E-state index contributed by atoms with van der Waals surface area (Å²) in [5, 5.41) is 0.742. The van der Waals surface area contributed by atoms with E-state index in [0.717, 1.165) is 28.1 Å². The number of hydrogen-bond donors (Lipinski definition) is 1. The number of hydrogen-bond acceptors (Lipinski definition) is 3. The molecule has 19 heavy (non-hydrogen) atoms. The lowest BCUT2D eigenvalue weighted by atomic mass is 10.0. The van der Waals surface area contributed by atoms with Gasteiger partial charge in [0.2, 0.25) is 0 Å². The molecular weight excluding hydrogens is 328 g/mol. The summed E-state index contributed by atoms with van der Waals surface area (Å²) in [5.41, 5.74) is 7.15. The monoisotopic (exact) mass is 346 g/mol. The minimum atomic E-state index is 0.168. The summed E-state index contributed by atoms with van der Waals surface area (Å²) in [6.07, 6.45) is 0.464. The van der Waals surface area contributed by atoms with Crippen LogP contribution in [0.25, 0.3) is 0 Å². The van der Waals surface area contributed by atoms with Gasteiger partial charge in [0.15, 0.2) is 0 Å². The third-order valence-corrected chi connectivity index (χ3v) is 4.39. The molecule has 0 bridgehead atoms. The molecule has 0 saturated carbocycles. The van der Waals surface area contributed by atoms with Gasteiger partial charge in [0.05, 0.1) is 12.2 Å². The van der Waals surface area contributed by atoms with E-state index in [-0.39, 0.29) is 18.2 Å². The van der Waals surface area contributed by atoms with Gasteiger partial charge in [-0.05, 0) is 37.6 Å². The summed E-state index contributed by atoms with van der Waals surface area (Å²) in [6, 6.07) is 6.02.